The van der Waals surface area contributed by atoms with E-state index in [2.05, 4.69) is 206 Å². The molecule has 60 heavy (non-hydrogen) atoms. The van der Waals surface area contributed by atoms with Crippen LogP contribution in [0.4, 0.5) is 0 Å². The van der Waals surface area contributed by atoms with Crippen LogP contribution in [0.1, 0.15) is 0 Å². The van der Waals surface area contributed by atoms with Crippen LogP contribution in [0.2, 0.25) is 0 Å². The molecule has 0 aliphatic carbocycles. The molecule has 0 atom stereocenters. The minimum absolute atomic E-state index is 0.148. The molecule has 0 aliphatic rings. The van der Waals surface area contributed by atoms with E-state index in [1.165, 1.54) is 101 Å². The number of fused-ring (bicyclic) bond motifs is 10. The maximum atomic E-state index is 6.67. The molecule has 13 rings (SSSR count). The summed E-state index contributed by atoms with van der Waals surface area (Å²) in [6.07, 6.45) is 0. The van der Waals surface area contributed by atoms with Crippen molar-refractivity contribution in [2.45, 2.75) is 0 Å². The molecule has 1 nitrogen and oxygen atoms in total. The molecule has 0 radical (unpaired) electrons. The molecule has 278 valence electrons. The van der Waals surface area contributed by atoms with Crippen LogP contribution >= 0.6 is 0 Å². The van der Waals surface area contributed by atoms with Crippen molar-refractivity contribution < 1.29 is 4.42 Å². The molecule has 0 aliphatic heterocycles. The Labute approximate surface area is 352 Å². The molecule has 0 spiro atoms. The Morgan fingerprint density at radius 2 is 0.750 bits per heavy atom. The first-order valence-electron chi connectivity index (χ1n) is 20.6. The molecule has 2 heterocycles. The quantitative estimate of drug-likeness (QED) is 0.127. The second-order valence-electron chi connectivity index (χ2n) is 15.8. The van der Waals surface area contributed by atoms with E-state index in [1.54, 1.807) is 0 Å². The summed E-state index contributed by atoms with van der Waals surface area (Å²) < 4.78 is 9.54. The molecule has 11 aromatic carbocycles. The number of hydrogen-bond donors (Lipinski definition) is 0. The van der Waals surface area contributed by atoms with Gasteiger partial charge in [-0.2, -0.15) is 0 Å². The molecule has 2 aromatic heterocycles. The van der Waals surface area contributed by atoms with Crippen LogP contribution in [-0.4, -0.2) is 14.5 Å². The van der Waals surface area contributed by atoms with Gasteiger partial charge in [-0.25, -0.2) is 0 Å². The molecule has 0 unspecified atom stereocenters. The summed E-state index contributed by atoms with van der Waals surface area (Å²) in [7, 11) is 0. The first-order chi connectivity index (χ1) is 29.8. The first kappa shape index (κ1) is 33.7. The second kappa shape index (κ2) is 13.1. The molecule has 0 amide bonds. The number of hydrogen-bond acceptors (Lipinski definition) is 1. The normalized spacial score (nSPS) is 12.0. The van der Waals surface area contributed by atoms with Gasteiger partial charge < -0.3 is 0 Å². The van der Waals surface area contributed by atoms with Crippen LogP contribution in [0.15, 0.2) is 211 Å². The molecule has 0 saturated carbocycles. The average Bonchev–Trinajstić information content (AvgIpc) is 3.89. The fourth-order valence-corrected chi connectivity index (χ4v) is 12.7. The van der Waals surface area contributed by atoms with Gasteiger partial charge in [0.2, 0.25) is 0 Å². The number of rotatable bonds is 4. The van der Waals surface area contributed by atoms with E-state index in [4.69, 9.17) is 4.42 Å². The fraction of sp³-hybridized carbons (Fsp3) is 0. The molecule has 13 aromatic rings. The van der Waals surface area contributed by atoms with Crippen molar-refractivity contribution in [1.82, 2.24) is 0 Å². The van der Waals surface area contributed by atoms with Crippen LogP contribution in [0.5, 0.6) is 0 Å². The first-order valence-corrected chi connectivity index (χ1v) is 22.3. The Bertz CT molecular complexity index is 3770. The third-order valence-corrected chi connectivity index (χ3v) is 15.0. The minimum atomic E-state index is 0.148. The van der Waals surface area contributed by atoms with Crippen LogP contribution in [0.3, 0.4) is 0 Å². The van der Waals surface area contributed by atoms with Crippen molar-refractivity contribution in [1.29, 1.82) is 0 Å². The summed E-state index contributed by atoms with van der Waals surface area (Å²) >= 11 is 0.148. The van der Waals surface area contributed by atoms with Gasteiger partial charge in [0.05, 0.1) is 0 Å². The zero-order chi connectivity index (χ0) is 39.3. The maximum absolute atomic E-state index is 6.67. The van der Waals surface area contributed by atoms with Crippen LogP contribution in [-0.2, 0) is 0 Å². The van der Waals surface area contributed by atoms with Crippen LogP contribution in [0.25, 0.3) is 129 Å². The van der Waals surface area contributed by atoms with Crippen molar-refractivity contribution in [3.8, 4) is 44.5 Å². The van der Waals surface area contributed by atoms with Gasteiger partial charge in [-0.05, 0) is 0 Å². The zero-order valence-corrected chi connectivity index (χ0v) is 34.2. The van der Waals surface area contributed by atoms with Crippen LogP contribution in [0, 0.1) is 0 Å². The van der Waals surface area contributed by atoms with Crippen molar-refractivity contribution in [2.75, 3.05) is 0 Å². The second-order valence-corrected chi connectivity index (χ2v) is 18.1. The molecular weight excluding hydrogens is 792 g/mol. The standard InChI is InChI=1S/C58H34OSe/c1-2-16-35(17-3-1)53-38-19-4-6-21-40(38)54(41-22-7-5-20-39(41)53)36-32-33-47-52(34-36)60-51-31-15-28-48(57(47)51)55-42-23-8-10-25-44(42)56(45-26-11-9-24-43(45)55)49-29-14-27-46-37-18-12-13-30-50(37)59-58(46)49/h1-34H. The van der Waals surface area contributed by atoms with E-state index < -0.39 is 0 Å². The Morgan fingerprint density at radius 3 is 1.37 bits per heavy atom. The number of benzene rings is 11. The van der Waals surface area contributed by atoms with E-state index in [0.717, 1.165) is 27.5 Å². The van der Waals surface area contributed by atoms with Gasteiger partial charge in [-0.1, -0.05) is 12.1 Å². The summed E-state index contributed by atoms with van der Waals surface area (Å²) in [4.78, 5) is 0. The van der Waals surface area contributed by atoms with Gasteiger partial charge in [0.15, 0.2) is 0 Å². The SMILES string of the molecule is c1ccc(-c2c3ccccc3c(-c3ccc4c(c3)[se]c3cccc(-c5c6ccccc6c(-c6cccc7c6oc6ccccc67)c6ccccc56)c34)c3ccccc23)cc1. The van der Waals surface area contributed by atoms with E-state index in [9.17, 15) is 0 Å². The van der Waals surface area contributed by atoms with Gasteiger partial charge in [0.1, 0.15) is 0 Å². The molecule has 0 N–H and O–H groups in total. The monoisotopic (exact) mass is 826 g/mol. The van der Waals surface area contributed by atoms with Gasteiger partial charge in [0, 0.05) is 0 Å². The van der Waals surface area contributed by atoms with Gasteiger partial charge in [0.25, 0.3) is 0 Å². The average molecular weight is 826 g/mol. The van der Waals surface area contributed by atoms with Gasteiger partial charge in [-0.15, -0.1) is 0 Å². The Balaban J connectivity index is 1.06. The van der Waals surface area contributed by atoms with Gasteiger partial charge >= 0.3 is 342 Å². The summed E-state index contributed by atoms with van der Waals surface area (Å²) in [5.74, 6) is 0. The zero-order valence-electron chi connectivity index (χ0n) is 32.4. The topological polar surface area (TPSA) is 13.1 Å². The molecular formula is C58H34OSe. The predicted molar refractivity (Wildman–Crippen MR) is 257 cm³/mol. The summed E-state index contributed by atoms with van der Waals surface area (Å²) in [5.41, 5.74) is 11.9. The molecule has 0 bridgehead atoms. The third kappa shape index (κ3) is 4.87. The molecule has 0 saturated heterocycles. The van der Waals surface area contributed by atoms with Crippen molar-refractivity contribution >= 4 is 98.8 Å². The third-order valence-electron chi connectivity index (χ3n) is 12.7. The van der Waals surface area contributed by atoms with Crippen molar-refractivity contribution in [3.63, 3.8) is 0 Å². The Hall–Kier alpha value is -7.22. The van der Waals surface area contributed by atoms with Crippen molar-refractivity contribution in [2.24, 2.45) is 0 Å². The summed E-state index contributed by atoms with van der Waals surface area (Å²) in [6.45, 7) is 0. The van der Waals surface area contributed by atoms with E-state index in [-0.39, 0.29) is 14.5 Å². The Kier molecular flexibility index (Phi) is 7.39. The van der Waals surface area contributed by atoms with Crippen molar-refractivity contribution in [3.05, 3.63) is 206 Å². The van der Waals surface area contributed by atoms with Crippen LogP contribution < -0.4 is 0 Å². The summed E-state index contributed by atoms with van der Waals surface area (Å²) in [6, 6.07) is 76.0. The van der Waals surface area contributed by atoms with E-state index in [0.29, 0.717) is 0 Å². The summed E-state index contributed by atoms with van der Waals surface area (Å²) in [5, 5.41) is 15.1. The van der Waals surface area contributed by atoms with E-state index in [1.807, 2.05) is 0 Å². The number of furan rings is 1. The van der Waals surface area contributed by atoms with Gasteiger partial charge in [-0.3, -0.25) is 0 Å². The fourth-order valence-electron chi connectivity index (χ4n) is 10.2. The Morgan fingerprint density at radius 1 is 0.283 bits per heavy atom. The molecule has 2 heteroatoms. The predicted octanol–water partition coefficient (Wildman–Crippen LogP) is 16.2. The molecule has 0 fully saturated rings. The van der Waals surface area contributed by atoms with E-state index >= 15 is 0 Å². The number of para-hydroxylation sites is 2.